The molecule has 3 nitrogen and oxygen atoms in total. The molecule has 1 N–H and O–H groups in total. The Morgan fingerprint density at radius 1 is 1.16 bits per heavy atom. The lowest BCUT2D eigenvalue weighted by Crippen LogP contribution is -2.24. The molecule has 4 heteroatoms. The first kappa shape index (κ1) is 14.4. The molecule has 0 saturated carbocycles. The second-order valence-corrected chi connectivity index (χ2v) is 5.78. The van der Waals surface area contributed by atoms with E-state index in [2.05, 4.69) is 11.4 Å². The molecule has 1 saturated heterocycles. The maximum Gasteiger partial charge on any atom is 0.142 e. The molecular weight excluding hydrogens is 258 g/mol. The molecule has 0 bridgehead atoms. The lowest BCUT2D eigenvalue weighted by atomic mass is 10.1. The van der Waals surface area contributed by atoms with E-state index in [1.165, 1.54) is 24.3 Å². The van der Waals surface area contributed by atoms with E-state index < -0.39 is 0 Å². The first-order chi connectivity index (χ1) is 9.33. The highest BCUT2D eigenvalue weighted by Crippen LogP contribution is 2.31. The highest BCUT2D eigenvalue weighted by molar-refractivity contribution is 7.99. The molecule has 0 aliphatic carbocycles. The Morgan fingerprint density at radius 3 is 2.58 bits per heavy atom. The summed E-state index contributed by atoms with van der Waals surface area (Å²) < 4.78 is 11.3. The summed E-state index contributed by atoms with van der Waals surface area (Å²) in [4.78, 5) is 0. The SMILES string of the molecule is CCOc1ccc(OCC)c(NC2CCSCC2)c1. The van der Waals surface area contributed by atoms with Crippen LogP contribution in [0, 0.1) is 0 Å². The summed E-state index contributed by atoms with van der Waals surface area (Å²) in [7, 11) is 0. The van der Waals surface area contributed by atoms with Crippen LogP contribution in [0.2, 0.25) is 0 Å². The quantitative estimate of drug-likeness (QED) is 0.859. The van der Waals surface area contributed by atoms with Crippen LogP contribution >= 0.6 is 11.8 Å². The van der Waals surface area contributed by atoms with Crippen LogP contribution in [-0.2, 0) is 0 Å². The zero-order valence-electron chi connectivity index (χ0n) is 11.8. The van der Waals surface area contributed by atoms with Crippen molar-refractivity contribution in [1.82, 2.24) is 0 Å². The fourth-order valence-corrected chi connectivity index (χ4v) is 3.33. The maximum absolute atomic E-state index is 5.69. The summed E-state index contributed by atoms with van der Waals surface area (Å²) in [5.74, 6) is 4.31. The molecule has 1 aliphatic rings. The Balaban J connectivity index is 2.11. The summed E-state index contributed by atoms with van der Waals surface area (Å²) in [5, 5.41) is 3.61. The first-order valence-electron chi connectivity index (χ1n) is 7.07. The Morgan fingerprint density at radius 2 is 1.89 bits per heavy atom. The topological polar surface area (TPSA) is 30.5 Å². The standard InChI is InChI=1S/C15H23NO2S/c1-3-17-13-5-6-15(18-4-2)14(11-13)16-12-7-9-19-10-8-12/h5-6,11-12,16H,3-4,7-10H2,1-2H3. The van der Waals surface area contributed by atoms with E-state index >= 15 is 0 Å². The molecule has 1 aliphatic heterocycles. The van der Waals surface area contributed by atoms with Crippen LogP contribution in [-0.4, -0.2) is 30.8 Å². The van der Waals surface area contributed by atoms with Crippen molar-refractivity contribution in [3.8, 4) is 11.5 Å². The monoisotopic (exact) mass is 281 g/mol. The summed E-state index contributed by atoms with van der Waals surface area (Å²) in [6.45, 7) is 5.38. The predicted molar refractivity (Wildman–Crippen MR) is 82.7 cm³/mol. The third kappa shape index (κ3) is 4.23. The van der Waals surface area contributed by atoms with Crippen molar-refractivity contribution in [3.05, 3.63) is 18.2 Å². The van der Waals surface area contributed by atoms with Gasteiger partial charge in [-0.25, -0.2) is 0 Å². The highest BCUT2D eigenvalue weighted by Gasteiger charge is 2.15. The largest absolute Gasteiger partial charge is 0.494 e. The van der Waals surface area contributed by atoms with Gasteiger partial charge >= 0.3 is 0 Å². The van der Waals surface area contributed by atoms with Gasteiger partial charge in [-0.15, -0.1) is 0 Å². The van der Waals surface area contributed by atoms with E-state index in [0.29, 0.717) is 19.3 Å². The van der Waals surface area contributed by atoms with Gasteiger partial charge in [0.15, 0.2) is 0 Å². The van der Waals surface area contributed by atoms with Crippen molar-refractivity contribution < 1.29 is 9.47 Å². The van der Waals surface area contributed by atoms with Gasteiger partial charge in [0, 0.05) is 12.1 Å². The Hall–Kier alpha value is -1.03. The number of benzene rings is 1. The van der Waals surface area contributed by atoms with Crippen LogP contribution < -0.4 is 14.8 Å². The number of hydrogen-bond donors (Lipinski definition) is 1. The number of ether oxygens (including phenoxy) is 2. The highest BCUT2D eigenvalue weighted by atomic mass is 32.2. The molecule has 0 spiro atoms. The molecule has 0 aromatic heterocycles. The van der Waals surface area contributed by atoms with Gasteiger partial charge in [-0.2, -0.15) is 11.8 Å². The molecule has 106 valence electrons. The van der Waals surface area contributed by atoms with Gasteiger partial charge in [0.1, 0.15) is 11.5 Å². The van der Waals surface area contributed by atoms with Crippen molar-refractivity contribution in [3.63, 3.8) is 0 Å². The van der Waals surface area contributed by atoms with Crippen LogP contribution in [0.4, 0.5) is 5.69 Å². The van der Waals surface area contributed by atoms with Crippen LogP contribution in [0.5, 0.6) is 11.5 Å². The van der Waals surface area contributed by atoms with Crippen molar-refractivity contribution in [2.75, 3.05) is 30.0 Å². The number of nitrogens with one attached hydrogen (secondary N) is 1. The average molecular weight is 281 g/mol. The molecule has 1 aromatic carbocycles. The Labute approximate surface area is 120 Å². The Bertz CT molecular complexity index is 392. The second-order valence-electron chi connectivity index (χ2n) is 4.55. The van der Waals surface area contributed by atoms with Gasteiger partial charge < -0.3 is 14.8 Å². The van der Waals surface area contributed by atoms with Gasteiger partial charge in [-0.05, 0) is 50.3 Å². The number of thioether (sulfide) groups is 1. The minimum absolute atomic E-state index is 0.553. The maximum atomic E-state index is 5.69. The number of anilines is 1. The molecule has 0 atom stereocenters. The first-order valence-corrected chi connectivity index (χ1v) is 8.23. The van der Waals surface area contributed by atoms with E-state index in [4.69, 9.17) is 9.47 Å². The number of hydrogen-bond acceptors (Lipinski definition) is 4. The van der Waals surface area contributed by atoms with Crippen molar-refractivity contribution in [2.45, 2.75) is 32.7 Å². The lowest BCUT2D eigenvalue weighted by Gasteiger charge is -2.25. The molecule has 1 aromatic rings. The van der Waals surface area contributed by atoms with Gasteiger partial charge in [-0.3, -0.25) is 0 Å². The molecule has 0 amide bonds. The third-order valence-corrected chi connectivity index (χ3v) is 4.19. The second kappa shape index (κ2) is 7.53. The van der Waals surface area contributed by atoms with E-state index in [0.717, 1.165) is 17.2 Å². The molecule has 2 rings (SSSR count). The molecule has 0 unspecified atom stereocenters. The van der Waals surface area contributed by atoms with Crippen LogP contribution in [0.25, 0.3) is 0 Å². The van der Waals surface area contributed by atoms with Crippen molar-refractivity contribution in [2.24, 2.45) is 0 Å². The summed E-state index contributed by atoms with van der Waals surface area (Å²) in [6, 6.07) is 6.57. The van der Waals surface area contributed by atoms with Gasteiger partial charge in [0.05, 0.1) is 18.9 Å². The summed E-state index contributed by atoms with van der Waals surface area (Å²) in [5.41, 5.74) is 1.06. The number of rotatable bonds is 6. The molecule has 19 heavy (non-hydrogen) atoms. The van der Waals surface area contributed by atoms with E-state index in [1.54, 1.807) is 0 Å². The predicted octanol–water partition coefficient (Wildman–Crippen LogP) is 3.79. The zero-order valence-corrected chi connectivity index (χ0v) is 12.6. The zero-order chi connectivity index (χ0) is 13.5. The van der Waals surface area contributed by atoms with Gasteiger partial charge in [0.25, 0.3) is 0 Å². The van der Waals surface area contributed by atoms with Gasteiger partial charge in [-0.1, -0.05) is 0 Å². The third-order valence-electron chi connectivity index (χ3n) is 3.14. The molecule has 0 radical (unpaired) electrons. The molecule has 1 fully saturated rings. The van der Waals surface area contributed by atoms with Crippen LogP contribution in [0.15, 0.2) is 18.2 Å². The van der Waals surface area contributed by atoms with Crippen molar-refractivity contribution >= 4 is 17.4 Å². The Kier molecular flexibility index (Phi) is 5.70. The fraction of sp³-hybridized carbons (Fsp3) is 0.600. The van der Waals surface area contributed by atoms with E-state index in [1.807, 2.05) is 37.7 Å². The normalized spacial score (nSPS) is 16.1. The van der Waals surface area contributed by atoms with E-state index in [-0.39, 0.29) is 0 Å². The minimum Gasteiger partial charge on any atom is -0.494 e. The van der Waals surface area contributed by atoms with Gasteiger partial charge in [0.2, 0.25) is 0 Å². The smallest absolute Gasteiger partial charge is 0.142 e. The minimum atomic E-state index is 0.553. The van der Waals surface area contributed by atoms with Crippen molar-refractivity contribution in [1.29, 1.82) is 0 Å². The lowest BCUT2D eigenvalue weighted by molar-refractivity contribution is 0.331. The average Bonchev–Trinajstić information content (AvgIpc) is 2.43. The van der Waals surface area contributed by atoms with Crippen LogP contribution in [0.3, 0.4) is 0 Å². The summed E-state index contributed by atoms with van der Waals surface area (Å²) in [6.07, 6.45) is 2.43. The summed E-state index contributed by atoms with van der Waals surface area (Å²) >= 11 is 2.04. The fourth-order valence-electron chi connectivity index (χ4n) is 2.22. The van der Waals surface area contributed by atoms with Crippen LogP contribution in [0.1, 0.15) is 26.7 Å². The van der Waals surface area contributed by atoms with E-state index in [9.17, 15) is 0 Å². The molecule has 1 heterocycles. The molecular formula is C15H23NO2S.